The summed E-state index contributed by atoms with van der Waals surface area (Å²) >= 11 is 1.58. The van der Waals surface area contributed by atoms with Gasteiger partial charge in [0.25, 0.3) is 5.91 Å². The van der Waals surface area contributed by atoms with Crippen LogP contribution in [0.2, 0.25) is 0 Å². The maximum Gasteiger partial charge on any atom is 0.254 e. The Bertz CT molecular complexity index is 941. The second-order valence-corrected chi connectivity index (χ2v) is 12.5. The highest BCUT2D eigenvalue weighted by Crippen LogP contribution is 2.65. The molecule has 8 rings (SSSR count). The third kappa shape index (κ3) is 2.83. The molecular formula is C25H32N2O3S. The number of hydrogen-bond acceptors (Lipinski definition) is 4. The molecule has 5 unspecified atom stereocenters. The number of carbonyl (C=O) groups excluding carboxylic acids is 2. The quantitative estimate of drug-likeness (QED) is 0.724. The molecule has 1 aromatic rings. The van der Waals surface area contributed by atoms with Gasteiger partial charge in [0.2, 0.25) is 5.91 Å². The Balaban J connectivity index is 1.17. The summed E-state index contributed by atoms with van der Waals surface area (Å²) in [5.74, 6) is 3.71. The predicted molar refractivity (Wildman–Crippen MR) is 119 cm³/mol. The summed E-state index contributed by atoms with van der Waals surface area (Å²) < 4.78 is 5.68. The Hall–Kier alpha value is -1.40. The highest BCUT2D eigenvalue weighted by atomic mass is 32.1. The van der Waals surface area contributed by atoms with Crippen LogP contribution < -0.4 is 10.6 Å². The van der Waals surface area contributed by atoms with Crippen LogP contribution in [0.4, 0.5) is 5.00 Å². The Morgan fingerprint density at radius 2 is 1.84 bits per heavy atom. The normalized spacial score (nSPS) is 41.5. The van der Waals surface area contributed by atoms with E-state index in [-0.39, 0.29) is 17.2 Å². The number of carbonyl (C=O) groups is 2. The number of fused-ring (bicyclic) bond motifs is 3. The van der Waals surface area contributed by atoms with E-state index in [1.807, 2.05) is 0 Å². The molecule has 1 aromatic heterocycles. The average Bonchev–Trinajstić information content (AvgIpc) is 3.53. The molecule has 7 aliphatic rings. The Morgan fingerprint density at radius 1 is 1.00 bits per heavy atom. The van der Waals surface area contributed by atoms with Crippen molar-refractivity contribution in [3.05, 3.63) is 16.0 Å². The molecule has 0 aromatic carbocycles. The van der Waals surface area contributed by atoms with Crippen molar-refractivity contribution in [3.8, 4) is 0 Å². The molecule has 31 heavy (non-hydrogen) atoms. The lowest BCUT2D eigenvalue weighted by atomic mass is 9.75. The fourth-order valence-electron chi connectivity index (χ4n) is 8.62. The molecule has 6 fully saturated rings. The molecule has 0 spiro atoms. The largest absolute Gasteiger partial charge is 0.376 e. The highest BCUT2D eigenvalue weighted by Gasteiger charge is 2.61. The Kier molecular flexibility index (Phi) is 4.19. The Morgan fingerprint density at radius 3 is 2.58 bits per heavy atom. The molecule has 6 aliphatic carbocycles. The topological polar surface area (TPSA) is 67.4 Å². The summed E-state index contributed by atoms with van der Waals surface area (Å²) in [7, 11) is 0. The number of nitrogens with one attached hydrogen (secondary N) is 2. The zero-order valence-corrected chi connectivity index (χ0v) is 18.9. The molecule has 166 valence electrons. The van der Waals surface area contributed by atoms with Crippen molar-refractivity contribution in [1.82, 2.24) is 5.32 Å². The van der Waals surface area contributed by atoms with Gasteiger partial charge in [0.1, 0.15) is 5.00 Å². The first-order valence-electron chi connectivity index (χ1n) is 12.4. The van der Waals surface area contributed by atoms with E-state index in [1.165, 1.54) is 38.5 Å². The maximum atomic E-state index is 13.7. The van der Waals surface area contributed by atoms with Crippen molar-refractivity contribution in [2.45, 2.75) is 76.9 Å². The number of amides is 2. The van der Waals surface area contributed by atoms with Gasteiger partial charge in [0.15, 0.2) is 0 Å². The van der Waals surface area contributed by atoms with E-state index < -0.39 is 0 Å². The number of ether oxygens (including phenoxy) is 1. The fourth-order valence-corrected chi connectivity index (χ4v) is 9.79. The van der Waals surface area contributed by atoms with Gasteiger partial charge in [-0.15, -0.1) is 11.3 Å². The van der Waals surface area contributed by atoms with Crippen molar-refractivity contribution in [2.24, 2.45) is 35.0 Å². The molecule has 6 bridgehead atoms. The molecule has 6 heteroatoms. The summed E-state index contributed by atoms with van der Waals surface area (Å²) in [6, 6.07) is 0.310. The second-order valence-electron chi connectivity index (χ2n) is 11.4. The SMILES string of the molecule is O=C(NC1CC2CCC1C2)c1c(NC(=O)C23CC4CC(CC2C4)C3)sc2c1CCOC2. The summed E-state index contributed by atoms with van der Waals surface area (Å²) in [6.45, 7) is 1.21. The van der Waals surface area contributed by atoms with Gasteiger partial charge in [-0.25, -0.2) is 0 Å². The molecule has 0 radical (unpaired) electrons. The number of anilines is 1. The molecule has 0 saturated heterocycles. The average molecular weight is 441 g/mol. The van der Waals surface area contributed by atoms with Crippen molar-refractivity contribution in [3.63, 3.8) is 0 Å². The van der Waals surface area contributed by atoms with E-state index >= 15 is 0 Å². The molecule has 2 heterocycles. The third-order valence-electron chi connectivity index (χ3n) is 9.77. The van der Waals surface area contributed by atoms with Gasteiger partial charge >= 0.3 is 0 Å². The van der Waals surface area contributed by atoms with Gasteiger partial charge in [-0.2, -0.15) is 0 Å². The molecule has 2 N–H and O–H groups in total. The third-order valence-corrected chi connectivity index (χ3v) is 10.9. The molecule has 6 saturated carbocycles. The van der Waals surface area contributed by atoms with Crippen molar-refractivity contribution in [1.29, 1.82) is 0 Å². The number of thiophene rings is 1. The first kappa shape index (κ1) is 19.1. The lowest BCUT2D eigenvalue weighted by molar-refractivity contribution is -0.127. The maximum absolute atomic E-state index is 13.7. The monoisotopic (exact) mass is 440 g/mol. The molecule has 1 aliphatic heterocycles. The number of rotatable bonds is 4. The van der Waals surface area contributed by atoms with Crippen LogP contribution in [0.1, 0.15) is 78.6 Å². The van der Waals surface area contributed by atoms with E-state index in [2.05, 4.69) is 10.6 Å². The van der Waals surface area contributed by atoms with Crippen LogP contribution in [-0.4, -0.2) is 24.5 Å². The second kappa shape index (κ2) is 6.80. The van der Waals surface area contributed by atoms with Gasteiger partial charge in [-0.1, -0.05) is 6.42 Å². The van der Waals surface area contributed by atoms with Gasteiger partial charge in [0, 0.05) is 10.9 Å². The van der Waals surface area contributed by atoms with Crippen molar-refractivity contribution < 1.29 is 14.3 Å². The summed E-state index contributed by atoms with van der Waals surface area (Å²) in [5, 5.41) is 7.48. The van der Waals surface area contributed by atoms with Crippen LogP contribution in [0.5, 0.6) is 0 Å². The van der Waals surface area contributed by atoms with Gasteiger partial charge in [-0.3, -0.25) is 9.59 Å². The van der Waals surface area contributed by atoms with E-state index in [9.17, 15) is 9.59 Å². The van der Waals surface area contributed by atoms with Crippen LogP contribution in [0.3, 0.4) is 0 Å². The smallest absolute Gasteiger partial charge is 0.254 e. The van der Waals surface area contributed by atoms with Gasteiger partial charge < -0.3 is 15.4 Å². The van der Waals surface area contributed by atoms with Gasteiger partial charge in [0.05, 0.1) is 24.2 Å². The molecule has 2 amide bonds. The van der Waals surface area contributed by atoms with Crippen molar-refractivity contribution in [2.75, 3.05) is 11.9 Å². The van der Waals surface area contributed by atoms with Crippen molar-refractivity contribution >= 4 is 28.2 Å². The summed E-state index contributed by atoms with van der Waals surface area (Å²) in [5.41, 5.74) is 1.68. The van der Waals surface area contributed by atoms with Gasteiger partial charge in [-0.05, 0) is 92.9 Å². The zero-order chi connectivity index (χ0) is 20.7. The lowest BCUT2D eigenvalue weighted by Crippen LogP contribution is -2.40. The summed E-state index contributed by atoms with van der Waals surface area (Å²) in [6.07, 6.45) is 11.6. The van der Waals surface area contributed by atoms with Crippen LogP contribution in [0.25, 0.3) is 0 Å². The van der Waals surface area contributed by atoms with E-state index in [0.717, 1.165) is 64.4 Å². The van der Waals surface area contributed by atoms with Crippen LogP contribution >= 0.6 is 11.3 Å². The minimum absolute atomic E-state index is 0.0296. The van der Waals surface area contributed by atoms with Crippen LogP contribution in [0.15, 0.2) is 0 Å². The van der Waals surface area contributed by atoms with E-state index in [0.29, 0.717) is 31.1 Å². The zero-order valence-electron chi connectivity index (χ0n) is 18.1. The minimum atomic E-state index is -0.174. The first-order valence-corrected chi connectivity index (χ1v) is 13.3. The highest BCUT2D eigenvalue weighted by molar-refractivity contribution is 7.17. The molecule has 5 nitrogen and oxygen atoms in total. The van der Waals surface area contributed by atoms with E-state index in [4.69, 9.17) is 4.74 Å². The molecule has 5 atom stereocenters. The predicted octanol–water partition coefficient (Wildman–Crippen LogP) is 4.50. The van der Waals surface area contributed by atoms with Crippen LogP contribution in [-0.2, 0) is 22.6 Å². The minimum Gasteiger partial charge on any atom is -0.376 e. The lowest BCUT2D eigenvalue weighted by Gasteiger charge is -2.31. The first-order chi connectivity index (χ1) is 15.1. The Labute approximate surface area is 187 Å². The fraction of sp³-hybridized carbons (Fsp3) is 0.760. The molecular weight excluding hydrogens is 408 g/mol. The summed E-state index contributed by atoms with van der Waals surface area (Å²) in [4.78, 5) is 28.3. The number of hydrogen-bond donors (Lipinski definition) is 2. The van der Waals surface area contributed by atoms with Crippen LogP contribution in [0, 0.1) is 35.0 Å². The van der Waals surface area contributed by atoms with E-state index in [1.54, 1.807) is 11.3 Å². The standard InChI is InChI=1S/C25H32N2O3S/c28-22(26-19-9-13-1-2-16(19)6-13)21-18-3-4-30-12-20(18)31-23(21)27-24(29)25-10-14-5-15(11-25)8-17(25)7-14/h13-17,19H,1-12H2,(H,26,28)(H,27,29).